The number of nitrogens with zero attached hydrogens (tertiary/aromatic N) is 2. The fraction of sp³-hybridized carbons (Fsp3) is 0.222. The third kappa shape index (κ3) is 3.20. The molecule has 3 aromatic rings. The molecular weight excluding hydrogens is 341 g/mol. The van der Waals surface area contributed by atoms with Crippen molar-refractivity contribution < 1.29 is 14.3 Å². The Morgan fingerprint density at radius 3 is 3.08 bits per heavy atom. The lowest BCUT2D eigenvalue weighted by atomic mass is 10.1. The highest BCUT2D eigenvalue weighted by Crippen LogP contribution is 2.30. The van der Waals surface area contributed by atoms with Gasteiger partial charge in [0, 0.05) is 35.6 Å². The van der Waals surface area contributed by atoms with Crippen LogP contribution in [-0.4, -0.2) is 32.7 Å². The highest BCUT2D eigenvalue weighted by molar-refractivity contribution is 7.14. The Hall–Kier alpha value is -2.51. The highest BCUT2D eigenvalue weighted by Gasteiger charge is 2.22. The Morgan fingerprint density at radius 1 is 1.40 bits per heavy atom. The molecule has 128 valence electrons. The first-order chi connectivity index (χ1) is 12.1. The van der Waals surface area contributed by atoms with Gasteiger partial charge in [-0.15, -0.1) is 11.3 Å². The number of fused-ring (bicyclic) bond motifs is 1. The molecule has 0 fully saturated rings. The average Bonchev–Trinajstić information content (AvgIpc) is 3.21. The predicted octanol–water partition coefficient (Wildman–Crippen LogP) is 3.53. The van der Waals surface area contributed by atoms with Crippen LogP contribution in [0.15, 0.2) is 36.5 Å². The number of aromatic amines is 1. The third-order valence-electron chi connectivity index (χ3n) is 4.38. The van der Waals surface area contributed by atoms with Crippen molar-refractivity contribution in [3.8, 4) is 11.3 Å². The van der Waals surface area contributed by atoms with Gasteiger partial charge >= 0.3 is 5.97 Å². The van der Waals surface area contributed by atoms with Crippen LogP contribution < -0.4 is 0 Å². The molecule has 3 heterocycles. The van der Waals surface area contributed by atoms with E-state index < -0.39 is 5.97 Å². The summed E-state index contributed by atoms with van der Waals surface area (Å²) in [6, 6.07) is 8.22. The van der Waals surface area contributed by atoms with E-state index in [0.29, 0.717) is 18.0 Å². The standard InChI is InChI=1S/C18H16FN3O2S/c19-14-3-1-2-11(6-14)17-13(8-20-21-17)10-22-5-4-15-12(9-22)7-16(25-15)18(23)24/h1-3,6-8H,4-5,9-10H2,(H,20,21)(H,23,24). The Bertz CT molecular complexity index is 934. The summed E-state index contributed by atoms with van der Waals surface area (Å²) in [5, 5.41) is 16.2. The zero-order valence-electron chi connectivity index (χ0n) is 13.3. The second kappa shape index (κ2) is 6.42. The molecule has 2 aromatic heterocycles. The van der Waals surface area contributed by atoms with Gasteiger partial charge in [-0.25, -0.2) is 9.18 Å². The first-order valence-corrected chi connectivity index (χ1v) is 8.77. The van der Waals surface area contributed by atoms with Crippen molar-refractivity contribution in [2.24, 2.45) is 0 Å². The maximum Gasteiger partial charge on any atom is 0.345 e. The lowest BCUT2D eigenvalue weighted by Crippen LogP contribution is -2.29. The van der Waals surface area contributed by atoms with E-state index in [4.69, 9.17) is 5.11 Å². The molecule has 1 aliphatic heterocycles. The molecule has 0 spiro atoms. The average molecular weight is 357 g/mol. The molecule has 5 nitrogen and oxygen atoms in total. The van der Waals surface area contributed by atoms with Gasteiger partial charge in [-0.3, -0.25) is 10.00 Å². The smallest absolute Gasteiger partial charge is 0.345 e. The van der Waals surface area contributed by atoms with E-state index in [1.54, 1.807) is 18.3 Å². The van der Waals surface area contributed by atoms with Crippen molar-refractivity contribution in [3.63, 3.8) is 0 Å². The van der Waals surface area contributed by atoms with E-state index in [1.165, 1.54) is 23.5 Å². The van der Waals surface area contributed by atoms with Crippen molar-refractivity contribution in [2.75, 3.05) is 6.54 Å². The molecule has 2 N–H and O–H groups in total. The van der Waals surface area contributed by atoms with E-state index in [0.717, 1.165) is 40.2 Å². The number of nitrogens with one attached hydrogen (secondary N) is 1. The normalized spacial score (nSPS) is 14.4. The maximum atomic E-state index is 13.5. The number of carbonyl (C=O) groups is 1. The fourth-order valence-electron chi connectivity index (χ4n) is 3.20. The van der Waals surface area contributed by atoms with Gasteiger partial charge in [-0.05, 0) is 30.2 Å². The number of H-pyrrole nitrogens is 1. The molecule has 0 saturated heterocycles. The number of halogens is 1. The number of rotatable bonds is 4. The summed E-state index contributed by atoms with van der Waals surface area (Å²) >= 11 is 1.37. The van der Waals surface area contributed by atoms with E-state index in [-0.39, 0.29) is 5.82 Å². The van der Waals surface area contributed by atoms with Gasteiger partial charge < -0.3 is 5.11 Å². The van der Waals surface area contributed by atoms with Crippen molar-refractivity contribution in [1.82, 2.24) is 15.1 Å². The number of aromatic carboxylic acids is 1. The molecule has 0 bridgehead atoms. The molecule has 0 saturated carbocycles. The molecule has 0 radical (unpaired) electrons. The molecule has 0 atom stereocenters. The molecular formula is C18H16FN3O2S. The van der Waals surface area contributed by atoms with Gasteiger partial charge in [-0.1, -0.05) is 12.1 Å². The van der Waals surface area contributed by atoms with Crippen LogP contribution in [0.3, 0.4) is 0 Å². The summed E-state index contributed by atoms with van der Waals surface area (Å²) in [4.78, 5) is 15.0. The van der Waals surface area contributed by atoms with Gasteiger partial charge in [0.15, 0.2) is 0 Å². The Morgan fingerprint density at radius 2 is 2.28 bits per heavy atom. The quantitative estimate of drug-likeness (QED) is 0.749. The number of carboxylic acid groups (broad SMARTS) is 1. The van der Waals surface area contributed by atoms with Crippen LogP contribution in [0.2, 0.25) is 0 Å². The summed E-state index contributed by atoms with van der Waals surface area (Å²) in [7, 11) is 0. The predicted molar refractivity (Wildman–Crippen MR) is 93.1 cm³/mol. The van der Waals surface area contributed by atoms with Crippen LogP contribution in [0.4, 0.5) is 4.39 Å². The number of hydrogen-bond acceptors (Lipinski definition) is 4. The molecule has 25 heavy (non-hydrogen) atoms. The summed E-state index contributed by atoms with van der Waals surface area (Å²) in [6.07, 6.45) is 2.62. The molecule has 1 aliphatic rings. The van der Waals surface area contributed by atoms with E-state index >= 15 is 0 Å². The first-order valence-electron chi connectivity index (χ1n) is 7.95. The maximum absolute atomic E-state index is 13.5. The van der Waals surface area contributed by atoms with Crippen LogP contribution in [0.1, 0.15) is 25.7 Å². The second-order valence-corrected chi connectivity index (χ2v) is 7.24. The molecule has 7 heteroatoms. The number of aromatic nitrogens is 2. The largest absolute Gasteiger partial charge is 0.477 e. The third-order valence-corrected chi connectivity index (χ3v) is 5.61. The summed E-state index contributed by atoms with van der Waals surface area (Å²) in [5.41, 5.74) is 3.68. The molecule has 0 amide bonds. The Balaban J connectivity index is 1.54. The van der Waals surface area contributed by atoms with Gasteiger partial charge in [0.1, 0.15) is 10.7 Å². The number of hydrogen-bond donors (Lipinski definition) is 2. The molecule has 0 unspecified atom stereocenters. The number of carboxylic acids is 1. The van der Waals surface area contributed by atoms with Crippen molar-refractivity contribution in [2.45, 2.75) is 19.5 Å². The van der Waals surface area contributed by atoms with Crippen molar-refractivity contribution in [3.05, 3.63) is 63.2 Å². The highest BCUT2D eigenvalue weighted by atomic mass is 32.1. The SMILES string of the molecule is O=C(O)c1cc2c(s1)CCN(Cc1cn[nH]c1-c1cccc(F)c1)C2. The van der Waals surface area contributed by atoms with Gasteiger partial charge in [0.05, 0.1) is 11.9 Å². The van der Waals surface area contributed by atoms with Crippen LogP contribution in [-0.2, 0) is 19.5 Å². The van der Waals surface area contributed by atoms with Crippen molar-refractivity contribution in [1.29, 1.82) is 0 Å². The fourth-order valence-corrected chi connectivity index (χ4v) is 4.20. The Labute approximate surface area is 147 Å². The molecule has 0 aliphatic carbocycles. The number of benzene rings is 1. The van der Waals surface area contributed by atoms with E-state index in [1.807, 2.05) is 6.07 Å². The van der Waals surface area contributed by atoms with Gasteiger partial charge in [0.2, 0.25) is 0 Å². The van der Waals surface area contributed by atoms with Crippen LogP contribution >= 0.6 is 11.3 Å². The minimum Gasteiger partial charge on any atom is -0.477 e. The summed E-state index contributed by atoms with van der Waals surface area (Å²) in [5.74, 6) is -1.14. The zero-order chi connectivity index (χ0) is 17.4. The zero-order valence-corrected chi connectivity index (χ0v) is 14.1. The second-order valence-electron chi connectivity index (χ2n) is 6.11. The van der Waals surface area contributed by atoms with Gasteiger partial charge in [-0.2, -0.15) is 5.10 Å². The minimum atomic E-state index is -0.867. The first kappa shape index (κ1) is 16.0. The molecule has 4 rings (SSSR count). The number of thiophene rings is 1. The van der Waals surface area contributed by atoms with Gasteiger partial charge in [0.25, 0.3) is 0 Å². The van der Waals surface area contributed by atoms with Crippen LogP contribution in [0.5, 0.6) is 0 Å². The minimum absolute atomic E-state index is 0.278. The monoisotopic (exact) mass is 357 g/mol. The van der Waals surface area contributed by atoms with E-state index in [2.05, 4.69) is 15.1 Å². The summed E-state index contributed by atoms with van der Waals surface area (Å²) < 4.78 is 13.5. The Kier molecular flexibility index (Phi) is 4.10. The lowest BCUT2D eigenvalue weighted by molar-refractivity contribution is 0.0702. The summed E-state index contributed by atoms with van der Waals surface area (Å²) in [6.45, 7) is 2.26. The van der Waals surface area contributed by atoms with Crippen molar-refractivity contribution >= 4 is 17.3 Å². The molecule has 1 aromatic carbocycles. The van der Waals surface area contributed by atoms with Crippen LogP contribution in [0, 0.1) is 5.82 Å². The topological polar surface area (TPSA) is 69.2 Å². The lowest BCUT2D eigenvalue weighted by Gasteiger charge is -2.26. The van der Waals surface area contributed by atoms with Crippen LogP contribution in [0.25, 0.3) is 11.3 Å². The van der Waals surface area contributed by atoms with E-state index in [9.17, 15) is 9.18 Å².